The minimum atomic E-state index is -0.830. The molecule has 1 aliphatic rings. The third-order valence-electron chi connectivity index (χ3n) is 2.63. The van der Waals surface area contributed by atoms with Crippen molar-refractivity contribution in [2.24, 2.45) is 5.92 Å². The number of carboxylic acids is 1. The average molecular weight is 260 g/mol. The lowest BCUT2D eigenvalue weighted by Crippen LogP contribution is -2.45. The predicted molar refractivity (Wildman–Crippen MR) is 68.3 cm³/mol. The molecule has 1 aliphatic heterocycles. The van der Waals surface area contributed by atoms with Crippen molar-refractivity contribution in [1.82, 2.24) is 10.6 Å². The van der Waals surface area contributed by atoms with Gasteiger partial charge in [0.1, 0.15) is 0 Å². The summed E-state index contributed by atoms with van der Waals surface area (Å²) < 4.78 is 0. The normalized spacial score (nSPS) is 21.6. The van der Waals surface area contributed by atoms with Gasteiger partial charge in [0.15, 0.2) is 0 Å². The molecule has 6 heteroatoms. The molecule has 3 N–H and O–H groups in total. The van der Waals surface area contributed by atoms with E-state index in [9.17, 15) is 9.59 Å². The number of thioether (sulfide) groups is 1. The molecule has 0 aromatic heterocycles. The molecule has 0 saturated carbocycles. The average Bonchev–Trinajstić information content (AvgIpc) is 2.27. The summed E-state index contributed by atoms with van der Waals surface area (Å²) in [7, 11) is 0. The highest BCUT2D eigenvalue weighted by Gasteiger charge is 2.16. The van der Waals surface area contributed by atoms with Gasteiger partial charge in [-0.25, -0.2) is 4.79 Å². The van der Waals surface area contributed by atoms with E-state index in [4.69, 9.17) is 5.11 Å². The first-order chi connectivity index (χ1) is 8.08. The van der Waals surface area contributed by atoms with Gasteiger partial charge in [-0.2, -0.15) is 11.8 Å². The molecule has 1 rings (SSSR count). The highest BCUT2D eigenvalue weighted by atomic mass is 32.2. The smallest absolute Gasteiger partial charge is 0.315 e. The summed E-state index contributed by atoms with van der Waals surface area (Å²) in [5.74, 6) is 1.27. The van der Waals surface area contributed by atoms with E-state index in [2.05, 4.69) is 10.6 Å². The number of amides is 2. The fourth-order valence-corrected chi connectivity index (χ4v) is 2.80. The molecule has 0 aromatic carbocycles. The number of urea groups is 1. The highest BCUT2D eigenvalue weighted by Crippen LogP contribution is 2.16. The molecular formula is C11H20N2O3S. The van der Waals surface area contributed by atoms with Crippen LogP contribution in [-0.4, -0.2) is 41.2 Å². The van der Waals surface area contributed by atoms with Gasteiger partial charge < -0.3 is 15.7 Å². The van der Waals surface area contributed by atoms with Crippen molar-refractivity contribution in [2.45, 2.75) is 32.2 Å². The maximum atomic E-state index is 11.5. The zero-order chi connectivity index (χ0) is 12.7. The van der Waals surface area contributed by atoms with Gasteiger partial charge in [0.25, 0.3) is 0 Å². The van der Waals surface area contributed by atoms with Crippen molar-refractivity contribution in [2.75, 3.05) is 18.1 Å². The van der Waals surface area contributed by atoms with Gasteiger partial charge >= 0.3 is 12.0 Å². The summed E-state index contributed by atoms with van der Waals surface area (Å²) in [5, 5.41) is 14.2. The van der Waals surface area contributed by atoms with Crippen LogP contribution in [0.5, 0.6) is 0 Å². The predicted octanol–water partition coefficient (Wildman–Crippen LogP) is 1.29. The van der Waals surface area contributed by atoms with Crippen molar-refractivity contribution in [3.63, 3.8) is 0 Å². The number of carbonyl (C=O) groups excluding carboxylic acids is 1. The van der Waals surface area contributed by atoms with E-state index in [1.165, 1.54) is 5.75 Å². The van der Waals surface area contributed by atoms with Gasteiger partial charge in [-0.05, 0) is 24.5 Å². The van der Waals surface area contributed by atoms with Crippen LogP contribution in [0.25, 0.3) is 0 Å². The summed E-state index contributed by atoms with van der Waals surface area (Å²) >= 11 is 1.86. The molecule has 2 unspecified atom stereocenters. The first-order valence-electron chi connectivity index (χ1n) is 5.92. The van der Waals surface area contributed by atoms with Crippen LogP contribution in [0.15, 0.2) is 0 Å². The number of carbonyl (C=O) groups is 2. The number of hydrogen-bond acceptors (Lipinski definition) is 3. The molecular weight excluding hydrogens is 240 g/mol. The Morgan fingerprint density at radius 2 is 2.29 bits per heavy atom. The summed E-state index contributed by atoms with van der Waals surface area (Å²) in [4.78, 5) is 22.0. The van der Waals surface area contributed by atoms with E-state index in [1.807, 2.05) is 18.7 Å². The standard InChI is InChI=1S/C11H20N2O3S/c1-8(5-10(14)15)6-12-11(16)13-9-3-2-4-17-7-9/h8-9H,2-7H2,1H3,(H,14,15)(H2,12,13,16). The van der Waals surface area contributed by atoms with Gasteiger partial charge in [0, 0.05) is 24.8 Å². The Kier molecular flexibility index (Phi) is 6.18. The lowest BCUT2D eigenvalue weighted by atomic mass is 10.1. The van der Waals surface area contributed by atoms with Crippen molar-refractivity contribution >= 4 is 23.8 Å². The number of aliphatic carboxylic acids is 1. The molecule has 2 atom stereocenters. The largest absolute Gasteiger partial charge is 0.481 e. The lowest BCUT2D eigenvalue weighted by molar-refractivity contribution is -0.137. The first kappa shape index (κ1) is 14.2. The Bertz CT molecular complexity index is 267. The van der Waals surface area contributed by atoms with Crippen LogP contribution in [0.2, 0.25) is 0 Å². The van der Waals surface area contributed by atoms with Crippen LogP contribution < -0.4 is 10.6 Å². The van der Waals surface area contributed by atoms with E-state index in [0.29, 0.717) is 6.54 Å². The molecule has 0 aromatic rings. The van der Waals surface area contributed by atoms with Gasteiger partial charge in [-0.1, -0.05) is 6.92 Å². The van der Waals surface area contributed by atoms with Crippen molar-refractivity contribution in [3.8, 4) is 0 Å². The Morgan fingerprint density at radius 1 is 1.53 bits per heavy atom. The second-order valence-corrected chi connectivity index (χ2v) is 5.62. The van der Waals surface area contributed by atoms with Gasteiger partial charge in [-0.3, -0.25) is 4.79 Å². The minimum Gasteiger partial charge on any atom is -0.481 e. The Balaban J connectivity index is 2.13. The van der Waals surface area contributed by atoms with Crippen LogP contribution in [-0.2, 0) is 4.79 Å². The monoisotopic (exact) mass is 260 g/mol. The summed E-state index contributed by atoms with van der Waals surface area (Å²) in [5.41, 5.74) is 0. The molecule has 0 radical (unpaired) electrons. The van der Waals surface area contributed by atoms with E-state index >= 15 is 0 Å². The van der Waals surface area contributed by atoms with E-state index < -0.39 is 5.97 Å². The van der Waals surface area contributed by atoms with Crippen molar-refractivity contribution < 1.29 is 14.7 Å². The quantitative estimate of drug-likeness (QED) is 0.696. The zero-order valence-corrected chi connectivity index (χ0v) is 10.9. The molecule has 1 heterocycles. The molecule has 0 bridgehead atoms. The van der Waals surface area contributed by atoms with Crippen LogP contribution >= 0.6 is 11.8 Å². The molecule has 1 fully saturated rings. The van der Waals surface area contributed by atoms with E-state index in [-0.39, 0.29) is 24.4 Å². The fourth-order valence-electron chi connectivity index (χ4n) is 1.73. The third-order valence-corrected chi connectivity index (χ3v) is 3.85. The van der Waals surface area contributed by atoms with E-state index in [0.717, 1.165) is 18.6 Å². The van der Waals surface area contributed by atoms with Crippen molar-refractivity contribution in [3.05, 3.63) is 0 Å². The number of nitrogens with one attached hydrogen (secondary N) is 2. The molecule has 1 saturated heterocycles. The Labute approximate surface area is 106 Å². The third kappa shape index (κ3) is 6.41. The summed E-state index contributed by atoms with van der Waals surface area (Å²) in [6, 6.07) is 0.0678. The number of carboxylic acid groups (broad SMARTS) is 1. The van der Waals surface area contributed by atoms with Gasteiger partial charge in [0.2, 0.25) is 0 Å². The van der Waals surface area contributed by atoms with Crippen LogP contribution in [0.4, 0.5) is 4.79 Å². The topological polar surface area (TPSA) is 78.4 Å². The van der Waals surface area contributed by atoms with Crippen molar-refractivity contribution in [1.29, 1.82) is 0 Å². The minimum absolute atomic E-state index is 0.0426. The molecule has 0 aliphatic carbocycles. The summed E-state index contributed by atoms with van der Waals surface area (Å²) in [6.45, 7) is 2.21. The van der Waals surface area contributed by atoms with Crippen LogP contribution in [0, 0.1) is 5.92 Å². The van der Waals surface area contributed by atoms with Crippen LogP contribution in [0.3, 0.4) is 0 Å². The SMILES string of the molecule is CC(CNC(=O)NC1CCCSC1)CC(=O)O. The maximum absolute atomic E-state index is 11.5. The molecule has 2 amide bonds. The first-order valence-corrected chi connectivity index (χ1v) is 7.07. The fraction of sp³-hybridized carbons (Fsp3) is 0.818. The molecule has 98 valence electrons. The molecule has 0 spiro atoms. The van der Waals surface area contributed by atoms with Crippen LogP contribution in [0.1, 0.15) is 26.2 Å². The zero-order valence-electron chi connectivity index (χ0n) is 10.1. The molecule has 17 heavy (non-hydrogen) atoms. The number of hydrogen-bond donors (Lipinski definition) is 3. The van der Waals surface area contributed by atoms with E-state index in [1.54, 1.807) is 0 Å². The van der Waals surface area contributed by atoms with Gasteiger partial charge in [0.05, 0.1) is 0 Å². The second kappa shape index (κ2) is 7.42. The Morgan fingerprint density at radius 3 is 2.88 bits per heavy atom. The van der Waals surface area contributed by atoms with Gasteiger partial charge in [-0.15, -0.1) is 0 Å². The highest BCUT2D eigenvalue weighted by molar-refractivity contribution is 7.99. The molecule has 5 nitrogen and oxygen atoms in total. The second-order valence-electron chi connectivity index (χ2n) is 4.47. The Hall–Kier alpha value is -0.910. The lowest BCUT2D eigenvalue weighted by Gasteiger charge is -2.23. The summed E-state index contributed by atoms with van der Waals surface area (Å²) in [6.07, 6.45) is 2.26. The number of rotatable bonds is 5. The maximum Gasteiger partial charge on any atom is 0.315 e.